The van der Waals surface area contributed by atoms with Gasteiger partial charge in [0.2, 0.25) is 5.95 Å². The summed E-state index contributed by atoms with van der Waals surface area (Å²) in [6.45, 7) is 1.97. The van der Waals surface area contributed by atoms with Crippen LogP contribution in [0.2, 0.25) is 0 Å². The number of rotatable bonds is 10. The third-order valence-electron chi connectivity index (χ3n) is 4.99. The maximum atomic E-state index is 12.9. The van der Waals surface area contributed by atoms with E-state index in [9.17, 15) is 24.3 Å². The molecular weight excluding hydrogens is 446 g/mol. The van der Waals surface area contributed by atoms with E-state index >= 15 is 0 Å². The van der Waals surface area contributed by atoms with Crippen LogP contribution in [0.5, 0.6) is 0 Å². The molecule has 3 aromatic rings. The average Bonchev–Trinajstić information content (AvgIpc) is 2.80. The van der Waals surface area contributed by atoms with E-state index in [1.54, 1.807) is 19.1 Å². The maximum absolute atomic E-state index is 12.9. The summed E-state index contributed by atoms with van der Waals surface area (Å²) in [5, 5.41) is 21.4. The lowest BCUT2D eigenvalue weighted by Crippen LogP contribution is -2.45. The molecule has 0 saturated carbocycles. The Morgan fingerprint density at radius 3 is 2.50 bits per heavy atom. The summed E-state index contributed by atoms with van der Waals surface area (Å²) >= 11 is 0. The van der Waals surface area contributed by atoms with E-state index in [0.29, 0.717) is 11.4 Å². The Bertz CT molecular complexity index is 1270. The number of nitrogens with zero attached hydrogens (tertiary/aromatic N) is 4. The molecule has 2 heterocycles. The molecule has 0 aliphatic rings. The van der Waals surface area contributed by atoms with Gasteiger partial charge in [0.05, 0.1) is 18.4 Å². The Morgan fingerprint density at radius 1 is 1.18 bits per heavy atom. The molecule has 13 nitrogen and oxygen atoms in total. The highest BCUT2D eigenvalue weighted by atomic mass is 16.4. The largest absolute Gasteiger partial charge is 0.481 e. The van der Waals surface area contributed by atoms with Crippen molar-refractivity contribution in [3.63, 3.8) is 0 Å². The molecule has 1 unspecified atom stereocenters. The van der Waals surface area contributed by atoms with Crippen molar-refractivity contribution in [2.75, 3.05) is 17.6 Å². The molecule has 1 aromatic carbocycles. The third kappa shape index (κ3) is 5.62. The number of benzene rings is 1. The number of nitrogens with one attached hydrogen (secondary N) is 2. The van der Waals surface area contributed by atoms with Crippen LogP contribution in [0.1, 0.15) is 35.8 Å². The zero-order valence-corrected chi connectivity index (χ0v) is 18.2. The summed E-state index contributed by atoms with van der Waals surface area (Å²) in [5.41, 5.74) is 6.57. The highest BCUT2D eigenvalue weighted by molar-refractivity contribution is 5.97. The number of nitrogen functional groups attached to an aromatic ring is 1. The number of H-pyrrole nitrogens is 1. The third-order valence-corrected chi connectivity index (χ3v) is 4.99. The van der Waals surface area contributed by atoms with Crippen LogP contribution in [0.3, 0.4) is 0 Å². The van der Waals surface area contributed by atoms with Crippen molar-refractivity contribution < 1.29 is 24.6 Å². The Hall–Kier alpha value is -4.55. The Kier molecular flexibility index (Phi) is 7.36. The smallest absolute Gasteiger partial charge is 0.326 e. The van der Waals surface area contributed by atoms with Crippen molar-refractivity contribution in [2.24, 2.45) is 0 Å². The topological polar surface area (TPSA) is 204 Å². The molecule has 1 atom stereocenters. The predicted molar refractivity (Wildman–Crippen MR) is 121 cm³/mol. The summed E-state index contributed by atoms with van der Waals surface area (Å²) in [6, 6.07) is 5.10. The van der Waals surface area contributed by atoms with Gasteiger partial charge in [-0.15, -0.1) is 0 Å². The van der Waals surface area contributed by atoms with Crippen LogP contribution in [-0.2, 0) is 16.1 Å². The number of carboxylic acids is 2. The van der Waals surface area contributed by atoms with E-state index in [-0.39, 0.29) is 48.6 Å². The number of hydrogen-bond acceptors (Lipinski definition) is 9. The summed E-state index contributed by atoms with van der Waals surface area (Å²) in [4.78, 5) is 63.0. The Morgan fingerprint density at radius 2 is 1.88 bits per heavy atom. The van der Waals surface area contributed by atoms with Gasteiger partial charge >= 0.3 is 11.9 Å². The predicted octanol–water partition coefficient (Wildman–Crippen LogP) is 0.688. The van der Waals surface area contributed by atoms with Crippen molar-refractivity contribution in [3.8, 4) is 0 Å². The van der Waals surface area contributed by atoms with Crippen LogP contribution in [0.4, 0.5) is 11.6 Å². The number of carbonyl (C=O) groups is 3. The van der Waals surface area contributed by atoms with Gasteiger partial charge in [0.15, 0.2) is 11.2 Å². The molecule has 178 valence electrons. The number of aliphatic carboxylic acids is 2. The lowest BCUT2D eigenvalue weighted by Gasteiger charge is -2.27. The minimum absolute atomic E-state index is 0.0505. The van der Waals surface area contributed by atoms with Gasteiger partial charge < -0.3 is 26.2 Å². The summed E-state index contributed by atoms with van der Waals surface area (Å²) in [7, 11) is 0. The Balaban J connectivity index is 1.69. The van der Waals surface area contributed by atoms with Gasteiger partial charge in [-0.05, 0) is 37.6 Å². The van der Waals surface area contributed by atoms with E-state index < -0.39 is 29.4 Å². The SMILES string of the molecule is CCN(C(=O)c1ccc(NCc2cnc3nc(N)[nH]c(=O)c3n2)cc1)C(CCC(=O)O)C(=O)O. The van der Waals surface area contributed by atoms with E-state index in [1.807, 2.05) is 0 Å². The molecule has 2 aromatic heterocycles. The fourth-order valence-corrected chi connectivity index (χ4v) is 3.32. The first-order valence-corrected chi connectivity index (χ1v) is 10.3. The second kappa shape index (κ2) is 10.4. The molecule has 0 aliphatic heterocycles. The molecule has 0 aliphatic carbocycles. The van der Waals surface area contributed by atoms with Gasteiger partial charge in [0, 0.05) is 24.2 Å². The molecule has 0 radical (unpaired) electrons. The number of anilines is 2. The summed E-state index contributed by atoms with van der Waals surface area (Å²) in [6.07, 6.45) is 0.902. The number of carbonyl (C=O) groups excluding carboxylic acids is 1. The van der Waals surface area contributed by atoms with Gasteiger partial charge in [-0.1, -0.05) is 0 Å². The number of carboxylic acid groups (broad SMARTS) is 2. The lowest BCUT2D eigenvalue weighted by molar-refractivity contribution is -0.143. The zero-order chi connectivity index (χ0) is 24.8. The van der Waals surface area contributed by atoms with E-state index in [1.165, 1.54) is 18.3 Å². The number of hydrogen-bond donors (Lipinski definition) is 5. The number of likely N-dealkylation sites (N-methyl/N-ethyl adjacent to an activating group) is 1. The molecule has 0 bridgehead atoms. The van der Waals surface area contributed by atoms with E-state index in [0.717, 1.165) is 4.90 Å². The summed E-state index contributed by atoms with van der Waals surface area (Å²) in [5.74, 6) is -2.96. The normalized spacial score (nSPS) is 11.7. The second-order valence-corrected chi connectivity index (χ2v) is 7.29. The average molecular weight is 469 g/mol. The second-order valence-electron chi connectivity index (χ2n) is 7.29. The standard InChI is InChI=1S/C21H23N7O6/c1-2-28(14(20(33)34)7-8-15(29)30)19(32)11-3-5-12(6-4-11)23-9-13-10-24-17-16(25-13)18(31)27-21(22)26-17/h3-6,10,14,23H,2,7-9H2,1H3,(H,29,30)(H,33,34)(H3,22,24,26,27,31). The number of nitrogens with two attached hydrogens (primary N) is 1. The molecule has 3 rings (SSSR count). The lowest BCUT2D eigenvalue weighted by atomic mass is 10.1. The van der Waals surface area contributed by atoms with E-state index in [2.05, 4.69) is 25.3 Å². The highest BCUT2D eigenvalue weighted by Gasteiger charge is 2.29. The van der Waals surface area contributed by atoms with Gasteiger partial charge in [-0.3, -0.25) is 19.4 Å². The first-order valence-electron chi connectivity index (χ1n) is 10.3. The van der Waals surface area contributed by atoms with Crippen molar-refractivity contribution >= 4 is 40.6 Å². The molecule has 13 heteroatoms. The maximum Gasteiger partial charge on any atom is 0.326 e. The molecule has 0 spiro atoms. The van der Waals surface area contributed by atoms with Crippen LogP contribution in [-0.4, -0.2) is 65.5 Å². The molecule has 34 heavy (non-hydrogen) atoms. The van der Waals surface area contributed by atoms with Crippen LogP contribution < -0.4 is 16.6 Å². The van der Waals surface area contributed by atoms with Crippen molar-refractivity contribution in [2.45, 2.75) is 32.4 Å². The van der Waals surface area contributed by atoms with Crippen molar-refractivity contribution in [3.05, 3.63) is 52.1 Å². The van der Waals surface area contributed by atoms with Crippen LogP contribution in [0.25, 0.3) is 11.2 Å². The van der Waals surface area contributed by atoms with Gasteiger partial charge in [-0.25, -0.2) is 14.8 Å². The minimum Gasteiger partial charge on any atom is -0.481 e. The van der Waals surface area contributed by atoms with Crippen LogP contribution in [0, 0.1) is 0 Å². The highest BCUT2D eigenvalue weighted by Crippen LogP contribution is 2.16. The first kappa shape index (κ1) is 24.1. The number of fused-ring (bicyclic) bond motifs is 1. The molecule has 1 amide bonds. The molecule has 0 saturated heterocycles. The number of aromatic nitrogens is 4. The fourth-order valence-electron chi connectivity index (χ4n) is 3.32. The number of amides is 1. The molecule has 0 fully saturated rings. The quantitative estimate of drug-likeness (QED) is 0.279. The van der Waals surface area contributed by atoms with Crippen LogP contribution in [0.15, 0.2) is 35.3 Å². The summed E-state index contributed by atoms with van der Waals surface area (Å²) < 4.78 is 0. The van der Waals surface area contributed by atoms with E-state index in [4.69, 9.17) is 10.8 Å². The van der Waals surface area contributed by atoms with Gasteiger partial charge in [0.25, 0.3) is 11.5 Å². The van der Waals surface area contributed by atoms with Crippen molar-refractivity contribution in [1.82, 2.24) is 24.8 Å². The molecular formula is C21H23N7O6. The Labute approximate surface area is 192 Å². The zero-order valence-electron chi connectivity index (χ0n) is 18.2. The first-order chi connectivity index (χ1) is 16.2. The van der Waals surface area contributed by atoms with Gasteiger partial charge in [0.1, 0.15) is 6.04 Å². The van der Waals surface area contributed by atoms with Gasteiger partial charge in [-0.2, -0.15) is 4.98 Å². The molecule has 6 N–H and O–H groups in total. The minimum atomic E-state index is -1.26. The fraction of sp³-hybridized carbons (Fsp3) is 0.286. The van der Waals surface area contributed by atoms with Crippen molar-refractivity contribution in [1.29, 1.82) is 0 Å². The monoisotopic (exact) mass is 469 g/mol. The van der Waals surface area contributed by atoms with Crippen LogP contribution >= 0.6 is 0 Å². The number of aromatic amines is 1.